The largest absolute Gasteiger partial charge is 0.325 e. The maximum absolute atomic E-state index is 5.07. The van der Waals surface area contributed by atoms with Crippen molar-refractivity contribution in [1.82, 2.24) is 9.38 Å². The Kier molecular flexibility index (Phi) is 4.03. The molecule has 0 spiro atoms. The lowest BCUT2D eigenvalue weighted by molar-refractivity contribution is 0.546. The van der Waals surface area contributed by atoms with Crippen molar-refractivity contribution in [1.29, 1.82) is 0 Å². The van der Waals surface area contributed by atoms with Gasteiger partial charge in [-0.25, -0.2) is 9.98 Å². The number of nitrogens with zero attached hydrogens (tertiary/aromatic N) is 4. The highest BCUT2D eigenvalue weighted by Crippen LogP contribution is 2.41. The molecule has 0 fully saturated rings. The van der Waals surface area contributed by atoms with Gasteiger partial charge in [-0.3, -0.25) is 9.30 Å². The predicted octanol–water partition coefficient (Wildman–Crippen LogP) is 5.49. The van der Waals surface area contributed by atoms with E-state index < -0.39 is 0 Å². The summed E-state index contributed by atoms with van der Waals surface area (Å²) in [7, 11) is 0. The molecule has 4 rings (SSSR count). The molecule has 0 aliphatic carbocycles. The van der Waals surface area contributed by atoms with Gasteiger partial charge in [0.05, 0.1) is 11.2 Å². The summed E-state index contributed by atoms with van der Waals surface area (Å²) < 4.78 is 2.19. The molecule has 0 bridgehead atoms. The number of aryl methyl sites for hydroxylation is 1. The Balaban J connectivity index is 2.14. The van der Waals surface area contributed by atoms with Crippen molar-refractivity contribution < 1.29 is 0 Å². The smallest absolute Gasteiger partial charge is 0.205 e. The van der Waals surface area contributed by atoms with Crippen molar-refractivity contribution in [2.75, 3.05) is 10.2 Å². The molecule has 1 aromatic carbocycles. The highest BCUT2D eigenvalue weighted by molar-refractivity contribution is 6.12. The van der Waals surface area contributed by atoms with Crippen molar-refractivity contribution in [3.63, 3.8) is 0 Å². The molecular weight excluding hydrogens is 346 g/mol. The first kappa shape index (κ1) is 18.5. The van der Waals surface area contributed by atoms with Crippen molar-refractivity contribution >= 4 is 23.1 Å². The van der Waals surface area contributed by atoms with Gasteiger partial charge in [-0.2, -0.15) is 0 Å². The van der Waals surface area contributed by atoms with E-state index in [4.69, 9.17) is 9.98 Å². The zero-order chi connectivity index (χ0) is 20.3. The second-order valence-electron chi connectivity index (χ2n) is 9.50. The third-order valence-electron chi connectivity index (χ3n) is 4.71. The van der Waals surface area contributed by atoms with Crippen LogP contribution in [0.5, 0.6) is 0 Å². The van der Waals surface area contributed by atoms with E-state index in [2.05, 4.69) is 99.6 Å². The van der Waals surface area contributed by atoms with Gasteiger partial charge in [-0.05, 0) is 66.2 Å². The first-order valence-corrected chi connectivity index (χ1v) is 9.80. The Morgan fingerprint density at radius 1 is 0.964 bits per heavy atom. The molecule has 0 amide bonds. The number of imidazole rings is 1. The Morgan fingerprint density at radius 2 is 1.68 bits per heavy atom. The fourth-order valence-electron chi connectivity index (χ4n) is 3.64. The number of nitrogens with one attached hydrogen (secondary N) is 1. The zero-order valence-corrected chi connectivity index (χ0v) is 17.8. The molecule has 1 N–H and O–H groups in total. The van der Waals surface area contributed by atoms with Crippen molar-refractivity contribution in [3.8, 4) is 11.3 Å². The Labute approximate surface area is 167 Å². The SMILES string of the molecule is Cc1ccc2nc3c(n2c1)N(C(C)(C)C)C(=NC(C)(C)C)Nc1ccccc1-3. The van der Waals surface area contributed by atoms with Gasteiger partial charge in [-0.1, -0.05) is 24.3 Å². The highest BCUT2D eigenvalue weighted by atomic mass is 15.4. The summed E-state index contributed by atoms with van der Waals surface area (Å²) in [6, 6.07) is 12.5. The zero-order valence-electron chi connectivity index (χ0n) is 17.8. The third kappa shape index (κ3) is 3.15. The van der Waals surface area contributed by atoms with Crippen molar-refractivity contribution in [3.05, 3.63) is 48.2 Å². The van der Waals surface area contributed by atoms with Crippen LogP contribution in [0.1, 0.15) is 47.1 Å². The van der Waals surface area contributed by atoms with Gasteiger partial charge in [0.2, 0.25) is 5.96 Å². The molecule has 0 saturated heterocycles. The molecule has 2 aromatic heterocycles. The van der Waals surface area contributed by atoms with E-state index in [1.807, 2.05) is 6.07 Å². The summed E-state index contributed by atoms with van der Waals surface area (Å²) in [5, 5.41) is 3.61. The van der Waals surface area contributed by atoms with Crippen LogP contribution in [0.3, 0.4) is 0 Å². The van der Waals surface area contributed by atoms with E-state index >= 15 is 0 Å². The highest BCUT2D eigenvalue weighted by Gasteiger charge is 2.36. The van der Waals surface area contributed by atoms with Gasteiger partial charge in [0.25, 0.3) is 0 Å². The number of fused-ring (bicyclic) bond motifs is 5. The number of hydrogen-bond acceptors (Lipinski definition) is 2. The van der Waals surface area contributed by atoms with E-state index in [1.165, 1.54) is 5.56 Å². The van der Waals surface area contributed by atoms with E-state index in [1.54, 1.807) is 0 Å². The minimum atomic E-state index is -0.221. The van der Waals surface area contributed by atoms with E-state index in [0.717, 1.165) is 34.4 Å². The van der Waals surface area contributed by atoms with Gasteiger partial charge >= 0.3 is 0 Å². The number of guanidine groups is 1. The average molecular weight is 376 g/mol. The van der Waals surface area contributed by atoms with Gasteiger partial charge in [0, 0.05) is 17.3 Å². The fraction of sp³-hybridized carbons (Fsp3) is 0.391. The molecule has 3 aromatic rings. The van der Waals surface area contributed by atoms with E-state index in [9.17, 15) is 0 Å². The summed E-state index contributed by atoms with van der Waals surface area (Å²) in [6.07, 6.45) is 2.16. The summed E-state index contributed by atoms with van der Waals surface area (Å²) in [6.45, 7) is 15.1. The molecule has 1 aliphatic rings. The summed E-state index contributed by atoms with van der Waals surface area (Å²) in [5.74, 6) is 1.89. The lowest BCUT2D eigenvalue weighted by Crippen LogP contribution is -2.50. The quantitative estimate of drug-likeness (QED) is 0.565. The number of hydrogen-bond donors (Lipinski definition) is 1. The molecule has 146 valence electrons. The molecule has 0 unspecified atom stereocenters. The van der Waals surface area contributed by atoms with Crippen LogP contribution in [0.25, 0.3) is 16.9 Å². The van der Waals surface area contributed by atoms with Gasteiger partial charge in [-0.15, -0.1) is 0 Å². The van der Waals surface area contributed by atoms with Crippen molar-refractivity contribution in [2.45, 2.75) is 59.5 Å². The number of anilines is 2. The van der Waals surface area contributed by atoms with Crippen LogP contribution in [-0.2, 0) is 0 Å². The maximum atomic E-state index is 5.07. The van der Waals surface area contributed by atoms with Crippen molar-refractivity contribution in [2.24, 2.45) is 4.99 Å². The molecule has 0 atom stereocenters. The molecule has 5 heteroatoms. The molecule has 3 heterocycles. The van der Waals surface area contributed by atoms with Crippen LogP contribution in [0.4, 0.5) is 11.5 Å². The van der Waals surface area contributed by atoms with Gasteiger partial charge < -0.3 is 5.32 Å². The minimum Gasteiger partial charge on any atom is -0.325 e. The van der Waals surface area contributed by atoms with Crippen LogP contribution >= 0.6 is 0 Å². The topological polar surface area (TPSA) is 44.9 Å². The third-order valence-corrected chi connectivity index (χ3v) is 4.71. The maximum Gasteiger partial charge on any atom is 0.205 e. The molecule has 5 nitrogen and oxygen atoms in total. The molecule has 1 aliphatic heterocycles. The summed E-state index contributed by atoms with van der Waals surface area (Å²) in [4.78, 5) is 12.4. The second-order valence-corrected chi connectivity index (χ2v) is 9.50. The van der Waals surface area contributed by atoms with Crippen LogP contribution in [0.2, 0.25) is 0 Å². The Hall–Kier alpha value is -2.82. The number of pyridine rings is 1. The lowest BCUT2D eigenvalue weighted by atomic mass is 10.1. The number of rotatable bonds is 0. The van der Waals surface area contributed by atoms with Crippen LogP contribution < -0.4 is 10.2 Å². The summed E-state index contributed by atoms with van der Waals surface area (Å²) >= 11 is 0. The summed E-state index contributed by atoms with van der Waals surface area (Å²) in [5.41, 5.74) is 4.81. The van der Waals surface area contributed by atoms with Gasteiger partial charge in [0.1, 0.15) is 17.2 Å². The standard InChI is InChI=1S/C23H29N5/c1-15-12-13-18-25-19-16-10-8-9-11-17(16)24-21(26-22(2,3)4)28(23(5,6)7)20(19)27(18)14-15/h8-14H,1-7H3,(H,24,26). The van der Waals surface area contributed by atoms with E-state index in [-0.39, 0.29) is 11.1 Å². The fourth-order valence-corrected chi connectivity index (χ4v) is 3.64. The minimum absolute atomic E-state index is 0.201. The van der Waals surface area contributed by atoms with Crippen LogP contribution in [0, 0.1) is 6.92 Å². The molecule has 28 heavy (non-hydrogen) atoms. The number of aromatic nitrogens is 2. The lowest BCUT2D eigenvalue weighted by Gasteiger charge is -2.38. The number of para-hydroxylation sites is 1. The normalized spacial score (nSPS) is 16.0. The van der Waals surface area contributed by atoms with Crippen LogP contribution in [-0.4, -0.2) is 26.4 Å². The monoisotopic (exact) mass is 375 g/mol. The average Bonchev–Trinajstić information content (AvgIpc) is 2.84. The second kappa shape index (κ2) is 6.09. The first-order chi connectivity index (χ1) is 13.0. The number of benzene rings is 1. The molecule has 0 saturated carbocycles. The van der Waals surface area contributed by atoms with E-state index in [0.29, 0.717) is 0 Å². The Morgan fingerprint density at radius 3 is 2.36 bits per heavy atom. The molecular formula is C23H29N5. The number of aliphatic imine (C=N–C) groups is 1. The first-order valence-electron chi connectivity index (χ1n) is 9.80. The Bertz CT molecular complexity index is 1080. The van der Waals surface area contributed by atoms with Gasteiger partial charge in [0.15, 0.2) is 0 Å². The van der Waals surface area contributed by atoms with Crippen LogP contribution in [0.15, 0.2) is 47.6 Å². The predicted molar refractivity (Wildman–Crippen MR) is 118 cm³/mol. The molecule has 0 radical (unpaired) electrons.